The van der Waals surface area contributed by atoms with Crippen molar-refractivity contribution in [2.45, 2.75) is 44.6 Å². The average molecular weight is 273 g/mol. The molecule has 2 heterocycles. The molecule has 0 radical (unpaired) electrons. The fourth-order valence-electron chi connectivity index (χ4n) is 3.71. The van der Waals surface area contributed by atoms with Gasteiger partial charge in [0.15, 0.2) is 0 Å². The van der Waals surface area contributed by atoms with Gasteiger partial charge in [-0.05, 0) is 43.7 Å². The standard InChI is InChI=1S/C16H23N3O/c1-17-15-9-8-13(11-18-15)16(20)19-10-4-6-12-5-2-3-7-14(12)19/h8-9,11-12,14H,2-7,10H2,1H3,(H,17,18)/t12-,14-/m1/s1. The first-order valence-electron chi connectivity index (χ1n) is 7.74. The first kappa shape index (κ1) is 13.4. The molecule has 1 saturated heterocycles. The van der Waals surface area contributed by atoms with Gasteiger partial charge in [-0.1, -0.05) is 12.8 Å². The van der Waals surface area contributed by atoms with Gasteiger partial charge in [-0.2, -0.15) is 0 Å². The number of rotatable bonds is 2. The van der Waals surface area contributed by atoms with Gasteiger partial charge in [0.25, 0.3) is 5.91 Å². The molecule has 1 aromatic heterocycles. The number of carbonyl (C=O) groups excluding carboxylic acids is 1. The van der Waals surface area contributed by atoms with Crippen LogP contribution < -0.4 is 5.32 Å². The average Bonchev–Trinajstić information content (AvgIpc) is 2.54. The summed E-state index contributed by atoms with van der Waals surface area (Å²) in [5.41, 5.74) is 0.718. The molecule has 2 atom stereocenters. The van der Waals surface area contributed by atoms with Crippen molar-refractivity contribution in [3.63, 3.8) is 0 Å². The first-order chi connectivity index (χ1) is 9.79. The van der Waals surface area contributed by atoms with Crippen LogP contribution in [0.25, 0.3) is 0 Å². The van der Waals surface area contributed by atoms with Crippen LogP contribution in [0.1, 0.15) is 48.9 Å². The van der Waals surface area contributed by atoms with E-state index in [1.54, 1.807) is 6.20 Å². The maximum Gasteiger partial charge on any atom is 0.255 e. The van der Waals surface area contributed by atoms with Crippen molar-refractivity contribution >= 4 is 11.7 Å². The second-order valence-corrected chi connectivity index (χ2v) is 5.93. The molecule has 1 aromatic rings. The van der Waals surface area contributed by atoms with Crippen LogP contribution in [0.5, 0.6) is 0 Å². The maximum absolute atomic E-state index is 12.7. The van der Waals surface area contributed by atoms with Crippen molar-refractivity contribution in [1.82, 2.24) is 9.88 Å². The largest absolute Gasteiger partial charge is 0.373 e. The van der Waals surface area contributed by atoms with Crippen LogP contribution in [0, 0.1) is 5.92 Å². The molecule has 0 spiro atoms. The molecule has 1 aliphatic carbocycles. The predicted octanol–water partition coefficient (Wildman–Crippen LogP) is 2.92. The van der Waals surface area contributed by atoms with Crippen molar-refractivity contribution in [2.75, 3.05) is 18.9 Å². The third kappa shape index (κ3) is 2.51. The Morgan fingerprint density at radius 1 is 1.25 bits per heavy atom. The molecule has 0 unspecified atom stereocenters. The quantitative estimate of drug-likeness (QED) is 0.901. The number of nitrogens with zero attached hydrogens (tertiary/aromatic N) is 2. The van der Waals surface area contributed by atoms with E-state index in [0.29, 0.717) is 6.04 Å². The summed E-state index contributed by atoms with van der Waals surface area (Å²) in [5, 5.41) is 2.98. The number of aromatic nitrogens is 1. The lowest BCUT2D eigenvalue weighted by atomic mass is 9.78. The molecular formula is C16H23N3O. The lowest BCUT2D eigenvalue weighted by Gasteiger charge is -2.44. The van der Waals surface area contributed by atoms with E-state index in [1.807, 2.05) is 19.2 Å². The van der Waals surface area contributed by atoms with Gasteiger partial charge >= 0.3 is 0 Å². The molecule has 2 aliphatic rings. The minimum Gasteiger partial charge on any atom is -0.373 e. The minimum atomic E-state index is 0.164. The minimum absolute atomic E-state index is 0.164. The molecule has 1 amide bonds. The van der Waals surface area contributed by atoms with Crippen LogP contribution >= 0.6 is 0 Å². The van der Waals surface area contributed by atoms with Crippen molar-refractivity contribution < 1.29 is 4.79 Å². The summed E-state index contributed by atoms with van der Waals surface area (Å²) < 4.78 is 0. The van der Waals surface area contributed by atoms with Gasteiger partial charge in [-0.3, -0.25) is 4.79 Å². The summed E-state index contributed by atoms with van der Waals surface area (Å²) >= 11 is 0. The second kappa shape index (κ2) is 5.81. The normalized spacial score (nSPS) is 25.9. The molecule has 0 bridgehead atoms. The van der Waals surface area contributed by atoms with E-state index in [4.69, 9.17) is 0 Å². The first-order valence-corrected chi connectivity index (χ1v) is 7.74. The van der Waals surface area contributed by atoms with E-state index in [1.165, 1.54) is 32.1 Å². The van der Waals surface area contributed by atoms with Crippen molar-refractivity contribution in [3.8, 4) is 0 Å². The van der Waals surface area contributed by atoms with E-state index in [-0.39, 0.29) is 5.91 Å². The number of nitrogens with one attached hydrogen (secondary N) is 1. The Morgan fingerprint density at radius 2 is 2.05 bits per heavy atom. The third-order valence-corrected chi connectivity index (χ3v) is 4.77. The van der Waals surface area contributed by atoms with E-state index < -0.39 is 0 Å². The number of fused-ring (bicyclic) bond motifs is 1. The molecule has 2 fully saturated rings. The lowest BCUT2D eigenvalue weighted by Crippen LogP contribution is -2.49. The van der Waals surface area contributed by atoms with Crippen LogP contribution in [-0.2, 0) is 0 Å². The molecular weight excluding hydrogens is 250 g/mol. The molecule has 4 nitrogen and oxygen atoms in total. The summed E-state index contributed by atoms with van der Waals surface area (Å²) in [6.07, 6.45) is 9.22. The van der Waals surface area contributed by atoms with Gasteiger partial charge in [-0.25, -0.2) is 4.98 Å². The molecule has 4 heteroatoms. The molecule has 108 valence electrons. The summed E-state index contributed by atoms with van der Waals surface area (Å²) in [5.74, 6) is 1.69. The zero-order chi connectivity index (χ0) is 13.9. The number of hydrogen-bond donors (Lipinski definition) is 1. The molecule has 1 N–H and O–H groups in total. The highest BCUT2D eigenvalue weighted by Crippen LogP contribution is 2.35. The number of carbonyl (C=O) groups is 1. The number of pyridine rings is 1. The summed E-state index contributed by atoms with van der Waals surface area (Å²) in [6.45, 7) is 0.910. The molecule has 0 aromatic carbocycles. The topological polar surface area (TPSA) is 45.2 Å². The number of hydrogen-bond acceptors (Lipinski definition) is 3. The van der Waals surface area contributed by atoms with Gasteiger partial charge in [0.05, 0.1) is 5.56 Å². The van der Waals surface area contributed by atoms with Crippen LogP contribution in [0.4, 0.5) is 5.82 Å². The van der Waals surface area contributed by atoms with E-state index in [0.717, 1.165) is 30.3 Å². The number of amides is 1. The van der Waals surface area contributed by atoms with Crippen molar-refractivity contribution in [1.29, 1.82) is 0 Å². The van der Waals surface area contributed by atoms with Gasteiger partial charge in [0.2, 0.25) is 0 Å². The third-order valence-electron chi connectivity index (χ3n) is 4.77. The Bertz CT molecular complexity index is 469. The van der Waals surface area contributed by atoms with Gasteiger partial charge < -0.3 is 10.2 Å². The van der Waals surface area contributed by atoms with Gasteiger partial charge in [0, 0.05) is 25.8 Å². The Kier molecular flexibility index (Phi) is 3.90. The lowest BCUT2D eigenvalue weighted by molar-refractivity contribution is 0.0390. The number of piperidine rings is 1. The fraction of sp³-hybridized carbons (Fsp3) is 0.625. The summed E-state index contributed by atoms with van der Waals surface area (Å²) in [6, 6.07) is 4.22. The SMILES string of the molecule is CNc1ccc(C(=O)N2CCC[C@H]3CCCC[C@H]32)cn1. The van der Waals surface area contributed by atoms with Crippen LogP contribution in [0.15, 0.2) is 18.3 Å². The zero-order valence-electron chi connectivity index (χ0n) is 12.1. The van der Waals surface area contributed by atoms with Crippen LogP contribution in [-0.4, -0.2) is 35.4 Å². The maximum atomic E-state index is 12.7. The molecule has 20 heavy (non-hydrogen) atoms. The number of likely N-dealkylation sites (tertiary alicyclic amines) is 1. The predicted molar refractivity (Wildman–Crippen MR) is 79.8 cm³/mol. The van der Waals surface area contributed by atoms with Crippen molar-refractivity contribution in [2.24, 2.45) is 5.92 Å². The van der Waals surface area contributed by atoms with E-state index >= 15 is 0 Å². The second-order valence-electron chi connectivity index (χ2n) is 5.93. The Morgan fingerprint density at radius 3 is 2.80 bits per heavy atom. The van der Waals surface area contributed by atoms with E-state index in [9.17, 15) is 4.79 Å². The molecule has 1 aliphatic heterocycles. The van der Waals surface area contributed by atoms with Crippen LogP contribution in [0.2, 0.25) is 0 Å². The Balaban J connectivity index is 1.77. The Hall–Kier alpha value is -1.58. The summed E-state index contributed by atoms with van der Waals surface area (Å²) in [4.78, 5) is 19.1. The van der Waals surface area contributed by atoms with Crippen molar-refractivity contribution in [3.05, 3.63) is 23.9 Å². The highest BCUT2D eigenvalue weighted by molar-refractivity contribution is 5.94. The monoisotopic (exact) mass is 273 g/mol. The highest BCUT2D eigenvalue weighted by Gasteiger charge is 2.35. The molecule has 1 saturated carbocycles. The van der Waals surface area contributed by atoms with Gasteiger partial charge in [0.1, 0.15) is 5.82 Å². The number of anilines is 1. The van der Waals surface area contributed by atoms with Gasteiger partial charge in [-0.15, -0.1) is 0 Å². The Labute approximate surface area is 120 Å². The van der Waals surface area contributed by atoms with Crippen LogP contribution in [0.3, 0.4) is 0 Å². The summed E-state index contributed by atoms with van der Waals surface area (Å²) in [7, 11) is 1.83. The fourth-order valence-corrected chi connectivity index (χ4v) is 3.71. The smallest absolute Gasteiger partial charge is 0.255 e. The van der Waals surface area contributed by atoms with E-state index in [2.05, 4.69) is 15.2 Å². The molecule has 3 rings (SSSR count). The highest BCUT2D eigenvalue weighted by atomic mass is 16.2. The zero-order valence-corrected chi connectivity index (χ0v) is 12.1.